The Bertz CT molecular complexity index is 888. The minimum atomic E-state index is -0.409. The number of carbonyl (C=O) groups excluding carboxylic acids is 2. The Labute approximate surface area is 159 Å². The van der Waals surface area contributed by atoms with E-state index in [0.717, 1.165) is 11.1 Å². The normalized spacial score (nSPS) is 10.9. The van der Waals surface area contributed by atoms with Gasteiger partial charge in [0.2, 0.25) is 5.91 Å². The van der Waals surface area contributed by atoms with Gasteiger partial charge in [0.05, 0.1) is 14.2 Å². The lowest BCUT2D eigenvalue weighted by Gasteiger charge is -2.13. The van der Waals surface area contributed by atoms with Crippen LogP contribution in [0.25, 0.3) is 6.08 Å². The lowest BCUT2D eigenvalue weighted by molar-refractivity contribution is -0.120. The van der Waals surface area contributed by atoms with Crippen molar-refractivity contribution in [2.24, 2.45) is 0 Å². The third-order valence-electron chi connectivity index (χ3n) is 4.13. The van der Waals surface area contributed by atoms with Crippen molar-refractivity contribution >= 4 is 23.6 Å². The molecule has 2 rings (SSSR count). The van der Waals surface area contributed by atoms with E-state index in [0.29, 0.717) is 22.7 Å². The Balaban J connectivity index is 2.36. The first-order valence-corrected chi connectivity index (χ1v) is 8.44. The Hall–Kier alpha value is -3.28. The second-order valence-corrected chi connectivity index (χ2v) is 6.06. The first kappa shape index (κ1) is 20.0. The number of nitrogens with one attached hydrogen (secondary N) is 2. The standard InChI is InChI=1S/C21H24N2O4/c1-13-7-6-8-17(14(13)2)23-21(25)18(22-15(3)24)11-16-9-10-19(26-4)20(12-16)27-5/h6-12H,1-5H3,(H,22,24)(H,23,25). The van der Waals surface area contributed by atoms with Gasteiger partial charge in [-0.15, -0.1) is 0 Å². The fourth-order valence-electron chi connectivity index (χ4n) is 2.53. The van der Waals surface area contributed by atoms with Gasteiger partial charge in [-0.25, -0.2) is 0 Å². The first-order valence-electron chi connectivity index (χ1n) is 8.44. The van der Waals surface area contributed by atoms with Gasteiger partial charge >= 0.3 is 0 Å². The Morgan fingerprint density at radius 1 is 1.00 bits per heavy atom. The third kappa shape index (κ3) is 5.10. The van der Waals surface area contributed by atoms with Gasteiger partial charge in [-0.2, -0.15) is 0 Å². The van der Waals surface area contributed by atoms with E-state index in [-0.39, 0.29) is 11.6 Å². The van der Waals surface area contributed by atoms with Crippen molar-refractivity contribution in [3.8, 4) is 11.5 Å². The van der Waals surface area contributed by atoms with E-state index < -0.39 is 5.91 Å². The second kappa shape index (κ2) is 8.89. The highest BCUT2D eigenvalue weighted by Gasteiger charge is 2.14. The molecule has 0 aliphatic rings. The minimum Gasteiger partial charge on any atom is -0.493 e. The maximum atomic E-state index is 12.7. The summed E-state index contributed by atoms with van der Waals surface area (Å²) < 4.78 is 10.5. The van der Waals surface area contributed by atoms with Crippen LogP contribution >= 0.6 is 0 Å². The van der Waals surface area contributed by atoms with Crippen LogP contribution in [0.2, 0.25) is 0 Å². The molecule has 0 atom stereocenters. The number of methoxy groups -OCH3 is 2. The van der Waals surface area contributed by atoms with Crippen molar-refractivity contribution in [3.63, 3.8) is 0 Å². The summed E-state index contributed by atoms with van der Waals surface area (Å²) in [6.07, 6.45) is 1.59. The largest absolute Gasteiger partial charge is 0.493 e. The molecule has 27 heavy (non-hydrogen) atoms. The van der Waals surface area contributed by atoms with Crippen LogP contribution in [-0.2, 0) is 9.59 Å². The smallest absolute Gasteiger partial charge is 0.272 e. The summed E-state index contributed by atoms with van der Waals surface area (Å²) >= 11 is 0. The van der Waals surface area contributed by atoms with E-state index in [4.69, 9.17) is 9.47 Å². The van der Waals surface area contributed by atoms with Gasteiger partial charge in [0, 0.05) is 12.6 Å². The Morgan fingerprint density at radius 2 is 1.70 bits per heavy atom. The molecule has 0 bridgehead atoms. The number of hydrogen-bond acceptors (Lipinski definition) is 4. The summed E-state index contributed by atoms with van der Waals surface area (Å²) in [4.78, 5) is 24.3. The predicted molar refractivity (Wildman–Crippen MR) is 106 cm³/mol. The van der Waals surface area contributed by atoms with Crippen LogP contribution in [0, 0.1) is 13.8 Å². The van der Waals surface area contributed by atoms with Gasteiger partial charge in [0.25, 0.3) is 5.91 Å². The Kier molecular flexibility index (Phi) is 6.60. The van der Waals surface area contributed by atoms with E-state index in [2.05, 4.69) is 10.6 Å². The first-order chi connectivity index (χ1) is 12.8. The molecule has 2 aromatic carbocycles. The molecule has 0 radical (unpaired) electrons. The number of rotatable bonds is 6. The zero-order valence-electron chi connectivity index (χ0n) is 16.2. The summed E-state index contributed by atoms with van der Waals surface area (Å²) in [5.74, 6) is 0.366. The number of aryl methyl sites for hydroxylation is 1. The average molecular weight is 368 g/mol. The van der Waals surface area contributed by atoms with Gasteiger partial charge in [0.15, 0.2) is 11.5 Å². The van der Waals surface area contributed by atoms with E-state index >= 15 is 0 Å². The van der Waals surface area contributed by atoms with Gasteiger partial charge < -0.3 is 20.1 Å². The number of ether oxygens (including phenoxy) is 2. The Morgan fingerprint density at radius 3 is 2.33 bits per heavy atom. The molecule has 2 amide bonds. The number of amides is 2. The van der Waals surface area contributed by atoms with Crippen LogP contribution in [-0.4, -0.2) is 26.0 Å². The van der Waals surface area contributed by atoms with Crippen LogP contribution in [0.15, 0.2) is 42.1 Å². The number of benzene rings is 2. The van der Waals surface area contributed by atoms with Crippen LogP contribution in [0.3, 0.4) is 0 Å². The molecule has 142 valence electrons. The van der Waals surface area contributed by atoms with Crippen LogP contribution in [0.5, 0.6) is 11.5 Å². The van der Waals surface area contributed by atoms with Crippen LogP contribution in [0.4, 0.5) is 5.69 Å². The predicted octanol–water partition coefficient (Wildman–Crippen LogP) is 3.44. The summed E-state index contributed by atoms with van der Waals surface area (Å²) in [6, 6.07) is 10.9. The summed E-state index contributed by atoms with van der Waals surface area (Å²) in [5.41, 5.74) is 3.56. The molecule has 0 heterocycles. The third-order valence-corrected chi connectivity index (χ3v) is 4.13. The number of carbonyl (C=O) groups is 2. The highest BCUT2D eigenvalue weighted by Crippen LogP contribution is 2.28. The summed E-state index contributed by atoms with van der Waals surface area (Å²) in [7, 11) is 3.08. The van der Waals surface area contributed by atoms with Crippen molar-refractivity contribution in [2.75, 3.05) is 19.5 Å². The van der Waals surface area contributed by atoms with Crippen molar-refractivity contribution in [3.05, 3.63) is 58.8 Å². The summed E-state index contributed by atoms with van der Waals surface area (Å²) in [6.45, 7) is 5.26. The van der Waals surface area contributed by atoms with Crippen LogP contribution < -0.4 is 20.1 Å². The molecular weight excluding hydrogens is 344 g/mol. The highest BCUT2D eigenvalue weighted by molar-refractivity contribution is 6.08. The molecule has 2 aromatic rings. The lowest BCUT2D eigenvalue weighted by atomic mass is 10.1. The van der Waals surface area contributed by atoms with E-state index in [9.17, 15) is 9.59 Å². The number of anilines is 1. The molecule has 0 saturated heterocycles. The van der Waals surface area contributed by atoms with Gasteiger partial charge in [-0.3, -0.25) is 9.59 Å². The lowest BCUT2D eigenvalue weighted by Crippen LogP contribution is -2.29. The molecule has 6 heteroatoms. The average Bonchev–Trinajstić information content (AvgIpc) is 2.64. The molecule has 0 aliphatic carbocycles. The topological polar surface area (TPSA) is 76.7 Å². The van der Waals surface area contributed by atoms with Gasteiger partial charge in [-0.1, -0.05) is 18.2 Å². The monoisotopic (exact) mass is 368 g/mol. The van der Waals surface area contributed by atoms with Crippen molar-refractivity contribution < 1.29 is 19.1 Å². The van der Waals surface area contributed by atoms with E-state index in [1.165, 1.54) is 14.0 Å². The van der Waals surface area contributed by atoms with Crippen molar-refractivity contribution in [1.82, 2.24) is 5.32 Å². The maximum Gasteiger partial charge on any atom is 0.272 e. The molecule has 0 spiro atoms. The van der Waals surface area contributed by atoms with Crippen molar-refractivity contribution in [2.45, 2.75) is 20.8 Å². The fourth-order valence-corrected chi connectivity index (χ4v) is 2.53. The SMILES string of the molecule is COc1ccc(C=C(NC(C)=O)C(=O)Nc2cccc(C)c2C)cc1OC. The van der Waals surface area contributed by atoms with E-state index in [1.54, 1.807) is 31.4 Å². The van der Waals surface area contributed by atoms with Gasteiger partial charge in [-0.05, 0) is 54.8 Å². The summed E-state index contributed by atoms with van der Waals surface area (Å²) in [5, 5.41) is 5.44. The highest BCUT2D eigenvalue weighted by atomic mass is 16.5. The minimum absolute atomic E-state index is 0.135. The molecule has 0 aromatic heterocycles. The number of hydrogen-bond donors (Lipinski definition) is 2. The van der Waals surface area contributed by atoms with Gasteiger partial charge in [0.1, 0.15) is 5.70 Å². The molecule has 6 nitrogen and oxygen atoms in total. The van der Waals surface area contributed by atoms with Crippen LogP contribution in [0.1, 0.15) is 23.6 Å². The zero-order valence-corrected chi connectivity index (χ0v) is 16.2. The molecule has 0 saturated carbocycles. The molecular formula is C21H24N2O4. The molecule has 0 aliphatic heterocycles. The molecule has 0 unspecified atom stereocenters. The maximum absolute atomic E-state index is 12.7. The zero-order chi connectivity index (χ0) is 20.0. The quantitative estimate of drug-likeness (QED) is 0.766. The van der Waals surface area contributed by atoms with Crippen molar-refractivity contribution in [1.29, 1.82) is 0 Å². The molecule has 2 N–H and O–H groups in total. The second-order valence-electron chi connectivity index (χ2n) is 6.06. The fraction of sp³-hybridized carbons (Fsp3) is 0.238. The van der Waals surface area contributed by atoms with E-state index in [1.807, 2.05) is 32.0 Å². The molecule has 0 fully saturated rings.